The number of Topliss-reactive ketones (excluding diaryl/α,β-unsaturated/α-hetero) is 1. The number of hydrogen-bond donors (Lipinski definition) is 2. The molecule has 4 rings (SSSR count). The molecule has 0 aliphatic heterocycles. The number of carbonyl (C=O) groups excluding carboxylic acids is 2. The summed E-state index contributed by atoms with van der Waals surface area (Å²) < 4.78 is 5.57. The highest BCUT2D eigenvalue weighted by Crippen LogP contribution is 2.33. The Kier molecular flexibility index (Phi) is 4.53. The number of aromatic nitrogens is 2. The summed E-state index contributed by atoms with van der Waals surface area (Å²) in [5.41, 5.74) is 1.98. The maximum atomic E-state index is 12.5. The summed E-state index contributed by atoms with van der Waals surface area (Å²) in [5, 5.41) is 11.1. The van der Waals surface area contributed by atoms with E-state index in [0.717, 1.165) is 39.2 Å². The van der Waals surface area contributed by atoms with Crippen LogP contribution in [0.25, 0.3) is 23.1 Å². The Hall–Kier alpha value is -2.93. The number of amides is 1. The van der Waals surface area contributed by atoms with Crippen LogP contribution in [0.1, 0.15) is 50.4 Å². The lowest BCUT2D eigenvalue weighted by Crippen LogP contribution is -2.25. The molecular formula is C20H19N3O3S. The molecule has 7 heteroatoms. The molecule has 0 spiro atoms. The van der Waals surface area contributed by atoms with Crippen molar-refractivity contribution < 1.29 is 14.3 Å². The van der Waals surface area contributed by atoms with Gasteiger partial charge in [-0.25, -0.2) is 0 Å². The predicted molar refractivity (Wildman–Crippen MR) is 106 cm³/mol. The molecule has 0 unspecified atom stereocenters. The number of ether oxygens (including phenoxy) is 1. The van der Waals surface area contributed by atoms with Crippen molar-refractivity contribution >= 4 is 46.1 Å². The van der Waals surface area contributed by atoms with Gasteiger partial charge in [-0.05, 0) is 56.2 Å². The third-order valence-electron chi connectivity index (χ3n) is 4.45. The molecular weight excluding hydrogens is 362 g/mol. The van der Waals surface area contributed by atoms with E-state index in [4.69, 9.17) is 4.74 Å². The van der Waals surface area contributed by atoms with Crippen LogP contribution in [0, 0.1) is 0 Å². The molecule has 0 saturated heterocycles. The molecule has 0 bridgehead atoms. The molecule has 1 amide bonds. The van der Waals surface area contributed by atoms with Gasteiger partial charge in [-0.2, -0.15) is 5.10 Å². The number of carbonyl (C=O) groups is 2. The van der Waals surface area contributed by atoms with Crippen molar-refractivity contribution in [2.24, 2.45) is 0 Å². The zero-order valence-electron chi connectivity index (χ0n) is 15.0. The molecule has 2 aromatic heterocycles. The largest absolute Gasteiger partial charge is 0.495 e. The third kappa shape index (κ3) is 3.50. The van der Waals surface area contributed by atoms with Gasteiger partial charge in [0.1, 0.15) is 5.75 Å². The smallest absolute Gasteiger partial charge is 0.255 e. The fourth-order valence-corrected chi connectivity index (χ4v) is 3.71. The number of H-pyrrole nitrogens is 1. The number of rotatable bonds is 6. The van der Waals surface area contributed by atoms with Gasteiger partial charge >= 0.3 is 0 Å². The Balaban J connectivity index is 1.70. The van der Waals surface area contributed by atoms with Crippen LogP contribution in [0.15, 0.2) is 24.3 Å². The average molecular weight is 381 g/mol. The Morgan fingerprint density at radius 2 is 2.07 bits per heavy atom. The lowest BCUT2D eigenvalue weighted by Gasteiger charge is -2.10. The second-order valence-corrected chi connectivity index (χ2v) is 7.63. The summed E-state index contributed by atoms with van der Waals surface area (Å²) in [6, 6.07) is 7.55. The van der Waals surface area contributed by atoms with E-state index in [1.165, 1.54) is 11.3 Å². The van der Waals surface area contributed by atoms with Crippen molar-refractivity contribution in [3.63, 3.8) is 0 Å². The van der Waals surface area contributed by atoms with E-state index in [9.17, 15) is 9.59 Å². The number of aromatic amines is 1. The van der Waals surface area contributed by atoms with Crippen LogP contribution in [0.3, 0.4) is 0 Å². The van der Waals surface area contributed by atoms with Gasteiger partial charge in [-0.15, -0.1) is 11.3 Å². The van der Waals surface area contributed by atoms with Crippen molar-refractivity contribution in [2.45, 2.75) is 25.8 Å². The maximum absolute atomic E-state index is 12.5. The summed E-state index contributed by atoms with van der Waals surface area (Å²) in [4.78, 5) is 25.7. The SMILES string of the molecule is COc1c(C(=O)NC2CC2)ccc2n[nH]c(/C=C/c3ccc(C(C)=O)s3)c12. The minimum atomic E-state index is -0.128. The number of methoxy groups -OCH3 is 1. The lowest BCUT2D eigenvalue weighted by molar-refractivity contribution is 0.0947. The topological polar surface area (TPSA) is 84.1 Å². The van der Waals surface area contributed by atoms with Crippen LogP contribution >= 0.6 is 11.3 Å². The number of thiophene rings is 1. The average Bonchev–Trinajstić information content (AvgIpc) is 3.18. The van der Waals surface area contributed by atoms with Gasteiger partial charge in [-0.1, -0.05) is 0 Å². The van der Waals surface area contributed by atoms with Crippen LogP contribution in [0.2, 0.25) is 0 Å². The Morgan fingerprint density at radius 3 is 2.74 bits per heavy atom. The molecule has 3 aromatic rings. The van der Waals surface area contributed by atoms with E-state index < -0.39 is 0 Å². The fourth-order valence-electron chi connectivity index (χ4n) is 2.90. The van der Waals surface area contributed by atoms with Crippen LogP contribution < -0.4 is 10.1 Å². The van der Waals surface area contributed by atoms with E-state index in [1.807, 2.05) is 30.4 Å². The first kappa shape index (κ1) is 17.5. The van der Waals surface area contributed by atoms with Crippen molar-refractivity contribution in [3.05, 3.63) is 45.3 Å². The number of fused-ring (bicyclic) bond motifs is 1. The van der Waals surface area contributed by atoms with E-state index in [-0.39, 0.29) is 17.7 Å². The van der Waals surface area contributed by atoms with Gasteiger partial charge in [0.05, 0.1) is 34.1 Å². The second kappa shape index (κ2) is 7.00. The number of benzene rings is 1. The van der Waals surface area contributed by atoms with Gasteiger partial charge < -0.3 is 10.1 Å². The normalized spacial score (nSPS) is 14.0. The summed E-state index contributed by atoms with van der Waals surface area (Å²) >= 11 is 1.43. The first-order valence-electron chi connectivity index (χ1n) is 8.71. The number of hydrogen-bond acceptors (Lipinski definition) is 5. The minimum absolute atomic E-state index is 0.0552. The number of nitrogens with one attached hydrogen (secondary N) is 2. The van der Waals surface area contributed by atoms with Crippen LogP contribution in [0.4, 0.5) is 0 Å². The zero-order chi connectivity index (χ0) is 19.0. The second-order valence-electron chi connectivity index (χ2n) is 6.52. The van der Waals surface area contributed by atoms with E-state index >= 15 is 0 Å². The highest BCUT2D eigenvalue weighted by Gasteiger charge is 2.26. The maximum Gasteiger partial charge on any atom is 0.255 e. The summed E-state index contributed by atoms with van der Waals surface area (Å²) in [5.74, 6) is 0.436. The molecule has 1 saturated carbocycles. The van der Waals surface area contributed by atoms with Crippen molar-refractivity contribution in [1.82, 2.24) is 15.5 Å². The Bertz CT molecular complexity index is 1060. The van der Waals surface area contributed by atoms with Crippen LogP contribution in [0.5, 0.6) is 5.75 Å². The van der Waals surface area contributed by atoms with Crippen molar-refractivity contribution in [2.75, 3.05) is 7.11 Å². The summed E-state index contributed by atoms with van der Waals surface area (Å²) in [6.45, 7) is 1.56. The van der Waals surface area contributed by atoms with Gasteiger partial charge in [0.25, 0.3) is 5.91 Å². The molecule has 1 aliphatic carbocycles. The first-order valence-corrected chi connectivity index (χ1v) is 9.53. The minimum Gasteiger partial charge on any atom is -0.495 e. The van der Waals surface area contributed by atoms with Gasteiger partial charge in [-0.3, -0.25) is 14.7 Å². The third-order valence-corrected chi connectivity index (χ3v) is 5.60. The van der Waals surface area contributed by atoms with Gasteiger partial charge in [0.15, 0.2) is 5.78 Å². The molecule has 6 nitrogen and oxygen atoms in total. The molecule has 1 aromatic carbocycles. The summed E-state index contributed by atoms with van der Waals surface area (Å²) in [6.07, 6.45) is 5.86. The molecule has 2 heterocycles. The molecule has 0 radical (unpaired) electrons. The van der Waals surface area contributed by atoms with Gasteiger partial charge in [0, 0.05) is 10.9 Å². The molecule has 1 fully saturated rings. The number of nitrogens with zero attached hydrogens (tertiary/aromatic N) is 1. The van der Waals surface area contributed by atoms with E-state index in [0.29, 0.717) is 11.3 Å². The monoisotopic (exact) mass is 381 g/mol. The number of ketones is 1. The molecule has 27 heavy (non-hydrogen) atoms. The highest BCUT2D eigenvalue weighted by atomic mass is 32.1. The molecule has 0 atom stereocenters. The molecule has 1 aliphatic rings. The quantitative estimate of drug-likeness (QED) is 0.634. The lowest BCUT2D eigenvalue weighted by atomic mass is 10.1. The first-order chi connectivity index (χ1) is 13.1. The fraction of sp³-hybridized carbons (Fsp3) is 0.250. The van der Waals surface area contributed by atoms with Crippen molar-refractivity contribution in [3.8, 4) is 5.75 Å². The zero-order valence-corrected chi connectivity index (χ0v) is 15.9. The highest BCUT2D eigenvalue weighted by molar-refractivity contribution is 7.14. The van der Waals surface area contributed by atoms with Crippen LogP contribution in [-0.4, -0.2) is 35.0 Å². The summed E-state index contributed by atoms with van der Waals surface area (Å²) in [7, 11) is 1.56. The molecule has 138 valence electrons. The van der Waals surface area contributed by atoms with Crippen molar-refractivity contribution in [1.29, 1.82) is 0 Å². The standard InChI is InChI=1S/C20H19N3O3S/c1-11(24)17-10-6-13(27-17)5-8-15-18-16(23-22-15)9-7-14(19(18)26-2)20(25)21-12-3-4-12/h5-10,12H,3-4H2,1-2H3,(H,21,25)(H,22,23)/b8-5+. The predicted octanol–water partition coefficient (Wildman–Crippen LogP) is 3.90. The van der Waals surface area contributed by atoms with Gasteiger partial charge in [0.2, 0.25) is 0 Å². The van der Waals surface area contributed by atoms with E-state index in [1.54, 1.807) is 20.1 Å². The Morgan fingerprint density at radius 1 is 1.26 bits per heavy atom. The van der Waals surface area contributed by atoms with Crippen LogP contribution in [-0.2, 0) is 0 Å². The Labute approximate surface area is 160 Å². The molecule has 2 N–H and O–H groups in total. The van der Waals surface area contributed by atoms with E-state index in [2.05, 4.69) is 15.5 Å².